The molecule has 1 unspecified atom stereocenters. The van der Waals surface area contributed by atoms with E-state index < -0.39 is 0 Å². The molecule has 1 aromatic carbocycles. The third kappa shape index (κ3) is 2.70. The lowest BCUT2D eigenvalue weighted by atomic mass is 10.3. The van der Waals surface area contributed by atoms with Gasteiger partial charge in [-0.1, -0.05) is 25.6 Å². The summed E-state index contributed by atoms with van der Waals surface area (Å²) in [6.07, 6.45) is 1.28. The zero-order valence-corrected chi connectivity index (χ0v) is 8.23. The Bertz CT molecular complexity index is 247. The topological polar surface area (TPSA) is 9.23 Å². The molecule has 1 nitrogen and oxygen atoms in total. The van der Waals surface area contributed by atoms with E-state index in [0.29, 0.717) is 0 Å². The van der Waals surface area contributed by atoms with Gasteiger partial charge in [-0.15, -0.1) is 0 Å². The fourth-order valence-electron chi connectivity index (χ4n) is 0.863. The highest BCUT2D eigenvalue weighted by Crippen LogP contribution is 2.17. The van der Waals surface area contributed by atoms with Gasteiger partial charge < -0.3 is 4.74 Å². The Morgan fingerprint density at radius 3 is 2.83 bits per heavy atom. The number of benzene rings is 1. The van der Waals surface area contributed by atoms with Gasteiger partial charge in [0.15, 0.2) is 0 Å². The highest BCUT2D eigenvalue weighted by molar-refractivity contribution is 7.80. The predicted octanol–water partition coefficient (Wildman–Crippen LogP) is 3.42. The highest BCUT2D eigenvalue weighted by atomic mass is 32.1. The second-order valence-electron chi connectivity index (χ2n) is 2.81. The first-order valence-corrected chi connectivity index (χ1v) is 4.57. The quantitative estimate of drug-likeness (QED) is 0.694. The second-order valence-corrected chi connectivity index (χ2v) is 3.28. The van der Waals surface area contributed by atoms with Crippen molar-refractivity contribution in [1.82, 2.24) is 0 Å². The standard InChI is InChI=1S/C10H13OS/c1-3-8(2)11-9-5-4-6-10(12)7-9/h4-8H,3H2,1-2H3. The Labute approximate surface area is 79.2 Å². The number of ether oxygens (including phenoxy) is 1. The van der Waals surface area contributed by atoms with Crippen molar-refractivity contribution in [3.63, 3.8) is 0 Å². The normalized spacial score (nSPS) is 12.5. The van der Waals surface area contributed by atoms with Crippen LogP contribution in [0.1, 0.15) is 20.3 Å². The van der Waals surface area contributed by atoms with Crippen LogP contribution in [0.15, 0.2) is 29.2 Å². The molecule has 0 saturated heterocycles. The summed E-state index contributed by atoms with van der Waals surface area (Å²) >= 11 is 5.01. The largest absolute Gasteiger partial charge is 0.491 e. The molecule has 65 valence electrons. The van der Waals surface area contributed by atoms with E-state index in [4.69, 9.17) is 17.4 Å². The van der Waals surface area contributed by atoms with Crippen molar-refractivity contribution in [2.75, 3.05) is 0 Å². The first-order valence-electron chi connectivity index (χ1n) is 4.16. The van der Waals surface area contributed by atoms with E-state index in [1.807, 2.05) is 24.3 Å². The van der Waals surface area contributed by atoms with Crippen LogP contribution >= 0.6 is 12.6 Å². The van der Waals surface area contributed by atoms with Crippen molar-refractivity contribution in [2.24, 2.45) is 0 Å². The molecule has 0 aliphatic rings. The average Bonchev–Trinajstić information content (AvgIpc) is 2.04. The third-order valence-corrected chi connectivity index (χ3v) is 1.97. The lowest BCUT2D eigenvalue weighted by molar-refractivity contribution is 0.217. The summed E-state index contributed by atoms with van der Waals surface area (Å²) in [4.78, 5) is 0.829. The van der Waals surface area contributed by atoms with E-state index in [9.17, 15) is 0 Å². The van der Waals surface area contributed by atoms with Crippen LogP contribution in [-0.2, 0) is 0 Å². The Balaban J connectivity index is 2.63. The van der Waals surface area contributed by atoms with Crippen LogP contribution in [0.5, 0.6) is 5.75 Å². The Morgan fingerprint density at radius 1 is 1.50 bits per heavy atom. The molecule has 1 atom stereocenters. The van der Waals surface area contributed by atoms with Crippen molar-refractivity contribution in [3.8, 4) is 5.75 Å². The fraction of sp³-hybridized carbons (Fsp3) is 0.400. The number of rotatable bonds is 3. The molecule has 12 heavy (non-hydrogen) atoms. The molecule has 2 heteroatoms. The molecule has 1 radical (unpaired) electrons. The molecular weight excluding hydrogens is 168 g/mol. The summed E-state index contributed by atoms with van der Waals surface area (Å²) in [7, 11) is 0. The minimum Gasteiger partial charge on any atom is -0.491 e. The predicted molar refractivity (Wildman–Crippen MR) is 52.7 cm³/mol. The summed E-state index contributed by atoms with van der Waals surface area (Å²) in [6, 6.07) is 7.61. The van der Waals surface area contributed by atoms with Crippen LogP contribution in [0.4, 0.5) is 0 Å². The van der Waals surface area contributed by atoms with E-state index in [-0.39, 0.29) is 6.10 Å². The molecular formula is C10H13OS. The van der Waals surface area contributed by atoms with Crippen LogP contribution in [0.3, 0.4) is 0 Å². The SMILES string of the molecule is CCC(C)Oc1cccc([S])c1. The summed E-state index contributed by atoms with van der Waals surface area (Å²) in [5, 5.41) is 0. The maximum atomic E-state index is 5.58. The van der Waals surface area contributed by atoms with Crippen LogP contribution in [0, 0.1) is 0 Å². The molecule has 0 aromatic heterocycles. The average molecular weight is 181 g/mol. The summed E-state index contributed by atoms with van der Waals surface area (Å²) in [6.45, 7) is 4.15. The van der Waals surface area contributed by atoms with Crippen LogP contribution in [-0.4, -0.2) is 6.10 Å². The smallest absolute Gasteiger partial charge is 0.121 e. The third-order valence-electron chi connectivity index (χ3n) is 1.72. The van der Waals surface area contributed by atoms with Gasteiger partial charge in [-0.3, -0.25) is 0 Å². The van der Waals surface area contributed by atoms with Gasteiger partial charge in [0, 0.05) is 4.90 Å². The minimum atomic E-state index is 0.266. The zero-order valence-electron chi connectivity index (χ0n) is 7.41. The summed E-state index contributed by atoms with van der Waals surface area (Å²) in [5.74, 6) is 0.872. The van der Waals surface area contributed by atoms with E-state index in [0.717, 1.165) is 17.1 Å². The number of hydrogen-bond acceptors (Lipinski definition) is 1. The second kappa shape index (κ2) is 4.31. The van der Waals surface area contributed by atoms with Gasteiger partial charge in [0.25, 0.3) is 0 Å². The van der Waals surface area contributed by atoms with Gasteiger partial charge in [0.2, 0.25) is 0 Å². The van der Waals surface area contributed by atoms with Crippen molar-refractivity contribution in [2.45, 2.75) is 31.3 Å². The maximum Gasteiger partial charge on any atom is 0.121 e. The minimum absolute atomic E-state index is 0.266. The van der Waals surface area contributed by atoms with Crippen LogP contribution < -0.4 is 4.74 Å². The molecule has 0 heterocycles. The van der Waals surface area contributed by atoms with Crippen LogP contribution in [0.2, 0.25) is 0 Å². The van der Waals surface area contributed by atoms with E-state index in [1.54, 1.807) is 0 Å². The van der Waals surface area contributed by atoms with Gasteiger partial charge in [-0.05, 0) is 31.5 Å². The lowest BCUT2D eigenvalue weighted by Gasteiger charge is -2.12. The Hall–Kier alpha value is -0.760. The van der Waals surface area contributed by atoms with Crippen molar-refractivity contribution >= 4 is 12.6 Å². The molecule has 0 aliphatic carbocycles. The van der Waals surface area contributed by atoms with Gasteiger partial charge in [-0.2, -0.15) is 0 Å². The molecule has 0 bridgehead atoms. The summed E-state index contributed by atoms with van der Waals surface area (Å²) in [5.41, 5.74) is 0. The van der Waals surface area contributed by atoms with Gasteiger partial charge in [0.1, 0.15) is 5.75 Å². The van der Waals surface area contributed by atoms with Crippen molar-refractivity contribution in [3.05, 3.63) is 24.3 Å². The van der Waals surface area contributed by atoms with Gasteiger partial charge in [0.05, 0.1) is 6.10 Å². The maximum absolute atomic E-state index is 5.58. The van der Waals surface area contributed by atoms with E-state index in [1.165, 1.54) is 0 Å². The Morgan fingerprint density at radius 2 is 2.25 bits per heavy atom. The van der Waals surface area contributed by atoms with Gasteiger partial charge >= 0.3 is 0 Å². The van der Waals surface area contributed by atoms with Crippen molar-refractivity contribution in [1.29, 1.82) is 0 Å². The monoisotopic (exact) mass is 181 g/mol. The Kier molecular flexibility index (Phi) is 3.35. The number of hydrogen-bond donors (Lipinski definition) is 0. The highest BCUT2D eigenvalue weighted by Gasteiger charge is 2.00. The summed E-state index contributed by atoms with van der Waals surface area (Å²) < 4.78 is 5.58. The van der Waals surface area contributed by atoms with Gasteiger partial charge in [-0.25, -0.2) is 0 Å². The van der Waals surface area contributed by atoms with Crippen molar-refractivity contribution < 1.29 is 4.74 Å². The molecule has 0 aliphatic heterocycles. The fourth-order valence-corrected chi connectivity index (χ4v) is 1.06. The first-order chi connectivity index (χ1) is 5.72. The van der Waals surface area contributed by atoms with E-state index in [2.05, 4.69) is 13.8 Å². The lowest BCUT2D eigenvalue weighted by Crippen LogP contribution is -2.09. The molecule has 0 N–H and O–H groups in total. The molecule has 0 amide bonds. The molecule has 1 aromatic rings. The molecule has 0 fully saturated rings. The first kappa shape index (κ1) is 9.33. The molecule has 0 saturated carbocycles. The van der Waals surface area contributed by atoms with E-state index >= 15 is 0 Å². The molecule has 0 spiro atoms. The zero-order chi connectivity index (χ0) is 8.97. The molecule has 1 rings (SSSR count). The van der Waals surface area contributed by atoms with Crippen LogP contribution in [0.25, 0.3) is 0 Å².